The number of ether oxygens (including phenoxy) is 8. The number of aliphatic hydroxyl groups excluding tert-OH is 7. The van der Waals surface area contributed by atoms with Crippen LogP contribution in [0.3, 0.4) is 0 Å². The standard InChI is InChI=1S/C65H114O23/c1-2-3-50(20-35-66)4-12-58(73)81-42-27-53(25-40-71)7-15-61(76)82-43-28-54(26-41-72)8-16-62(77)85-46-31-55(29-44-83-59(74)13-5-51(21-36-67)22-37-68)9-17-63(78)86-47-32-56(30-45-84-60(75)14-6-52(23-38-69)24-39-70)10-18-64(79)87-48-33-57-11-19-65(80)88-49-34-57/h50-57,66-72H,2-49H2,1H3. The Morgan fingerprint density at radius 2 is 0.568 bits per heavy atom. The van der Waals surface area contributed by atoms with Gasteiger partial charge in [0.15, 0.2) is 0 Å². The normalized spacial score (nSPS) is 15.1. The fourth-order valence-corrected chi connectivity index (χ4v) is 11.0. The lowest BCUT2D eigenvalue weighted by Gasteiger charge is -2.19. The van der Waals surface area contributed by atoms with Gasteiger partial charge in [-0.2, -0.15) is 0 Å². The Morgan fingerprint density at radius 1 is 0.341 bits per heavy atom. The third-order valence-corrected chi connectivity index (χ3v) is 16.8. The minimum absolute atomic E-state index is 0.00115. The minimum atomic E-state index is -0.488. The maximum absolute atomic E-state index is 13.2. The lowest BCUT2D eigenvalue weighted by molar-refractivity contribution is -0.147. The van der Waals surface area contributed by atoms with Crippen LogP contribution >= 0.6 is 0 Å². The van der Waals surface area contributed by atoms with Crippen molar-refractivity contribution in [2.45, 2.75) is 219 Å². The molecule has 1 heterocycles. The summed E-state index contributed by atoms with van der Waals surface area (Å²) < 4.78 is 43.9. The summed E-state index contributed by atoms with van der Waals surface area (Å²) in [6, 6.07) is 0. The average Bonchev–Trinajstić information content (AvgIpc) is 3.76. The predicted molar refractivity (Wildman–Crippen MR) is 323 cm³/mol. The smallest absolute Gasteiger partial charge is 0.305 e. The Bertz CT molecular complexity index is 1810. The zero-order chi connectivity index (χ0) is 64.8. The second kappa shape index (κ2) is 55.3. The fraction of sp³-hybridized carbons (Fsp3) is 0.877. The van der Waals surface area contributed by atoms with Crippen molar-refractivity contribution in [3.8, 4) is 0 Å². The molecule has 1 rings (SSSR count). The van der Waals surface area contributed by atoms with Gasteiger partial charge in [0.25, 0.3) is 0 Å². The Hall–Kier alpha value is -4.52. The highest BCUT2D eigenvalue weighted by atomic mass is 16.6. The number of carbonyl (C=O) groups is 8. The molecule has 0 aliphatic carbocycles. The summed E-state index contributed by atoms with van der Waals surface area (Å²) in [6.45, 7) is 2.63. The van der Waals surface area contributed by atoms with Crippen LogP contribution in [-0.2, 0) is 76.3 Å². The van der Waals surface area contributed by atoms with E-state index in [1.807, 2.05) is 0 Å². The number of aliphatic hydroxyl groups is 7. The van der Waals surface area contributed by atoms with E-state index >= 15 is 0 Å². The first kappa shape index (κ1) is 81.5. The van der Waals surface area contributed by atoms with E-state index in [4.69, 9.17) is 37.9 Å². The molecule has 512 valence electrons. The van der Waals surface area contributed by atoms with E-state index < -0.39 is 35.8 Å². The van der Waals surface area contributed by atoms with Crippen LogP contribution in [0.15, 0.2) is 0 Å². The van der Waals surface area contributed by atoms with E-state index in [-0.39, 0.29) is 197 Å². The summed E-state index contributed by atoms with van der Waals surface area (Å²) >= 11 is 0. The molecule has 1 saturated heterocycles. The van der Waals surface area contributed by atoms with Gasteiger partial charge in [-0.25, -0.2) is 0 Å². The van der Waals surface area contributed by atoms with Crippen LogP contribution in [0.25, 0.3) is 0 Å². The van der Waals surface area contributed by atoms with Crippen LogP contribution in [0.4, 0.5) is 0 Å². The zero-order valence-corrected chi connectivity index (χ0v) is 53.2. The molecule has 0 amide bonds. The first-order valence-corrected chi connectivity index (χ1v) is 33.1. The Balaban J connectivity index is 2.81. The van der Waals surface area contributed by atoms with Crippen LogP contribution in [0.2, 0.25) is 0 Å². The largest absolute Gasteiger partial charge is 0.466 e. The molecule has 23 heteroatoms. The number of esters is 8. The molecule has 6 unspecified atom stereocenters. The van der Waals surface area contributed by atoms with Gasteiger partial charge < -0.3 is 73.6 Å². The minimum Gasteiger partial charge on any atom is -0.466 e. The summed E-state index contributed by atoms with van der Waals surface area (Å²) in [5.41, 5.74) is 0. The van der Waals surface area contributed by atoms with Gasteiger partial charge in [0.1, 0.15) is 0 Å². The summed E-state index contributed by atoms with van der Waals surface area (Å²) in [6.07, 6.45) is 13.6. The van der Waals surface area contributed by atoms with E-state index in [0.717, 1.165) is 12.8 Å². The van der Waals surface area contributed by atoms with Crippen molar-refractivity contribution in [3.05, 3.63) is 0 Å². The molecule has 1 aliphatic heterocycles. The van der Waals surface area contributed by atoms with Crippen molar-refractivity contribution in [3.63, 3.8) is 0 Å². The lowest BCUT2D eigenvalue weighted by atomic mass is 9.95. The van der Waals surface area contributed by atoms with Crippen molar-refractivity contribution >= 4 is 47.8 Å². The summed E-state index contributed by atoms with van der Waals surface area (Å²) in [5, 5.41) is 66.1. The van der Waals surface area contributed by atoms with Crippen molar-refractivity contribution in [2.24, 2.45) is 47.3 Å². The highest BCUT2D eigenvalue weighted by Gasteiger charge is 2.23. The van der Waals surface area contributed by atoms with Gasteiger partial charge in [-0.3, -0.25) is 38.4 Å². The molecule has 0 aromatic carbocycles. The van der Waals surface area contributed by atoms with E-state index in [1.165, 1.54) is 0 Å². The Labute approximate surface area is 523 Å². The number of rotatable bonds is 58. The quantitative estimate of drug-likeness (QED) is 0.0235. The SMILES string of the molecule is CCCC(CCO)CCC(=O)OCCC(CCO)CCC(=O)OCCC(CCO)CCC(=O)OCCC(CCOC(=O)CCC(CCO)CCO)CCC(=O)OCCC(CCOC(=O)CCC(CCO)CCO)CCC(=O)OCCC1CCOC(=O)CC1. The van der Waals surface area contributed by atoms with Gasteiger partial charge in [-0.05, 0) is 195 Å². The molecular formula is C65H114O23. The van der Waals surface area contributed by atoms with Gasteiger partial charge in [0, 0.05) is 97.6 Å². The highest BCUT2D eigenvalue weighted by Crippen LogP contribution is 2.25. The molecule has 0 aromatic heterocycles. The van der Waals surface area contributed by atoms with Gasteiger partial charge in [-0.15, -0.1) is 0 Å². The van der Waals surface area contributed by atoms with Crippen molar-refractivity contribution in [1.82, 2.24) is 0 Å². The first-order chi connectivity index (χ1) is 42.6. The molecular weight excluding hydrogens is 1150 g/mol. The van der Waals surface area contributed by atoms with Crippen molar-refractivity contribution < 1.29 is 112 Å². The monoisotopic (exact) mass is 1260 g/mol. The molecule has 23 nitrogen and oxygen atoms in total. The third kappa shape index (κ3) is 45.7. The number of hydrogen-bond acceptors (Lipinski definition) is 23. The molecule has 0 radical (unpaired) electrons. The van der Waals surface area contributed by atoms with Crippen molar-refractivity contribution in [2.75, 3.05) is 99.1 Å². The Morgan fingerprint density at radius 3 is 0.818 bits per heavy atom. The van der Waals surface area contributed by atoms with Crippen molar-refractivity contribution in [1.29, 1.82) is 0 Å². The van der Waals surface area contributed by atoms with Gasteiger partial charge in [0.05, 0.1) is 52.9 Å². The second-order valence-corrected chi connectivity index (χ2v) is 23.7. The first-order valence-electron chi connectivity index (χ1n) is 33.1. The molecule has 7 N–H and O–H groups in total. The summed E-state index contributed by atoms with van der Waals surface area (Å²) in [4.78, 5) is 101. The van der Waals surface area contributed by atoms with Gasteiger partial charge in [0.2, 0.25) is 0 Å². The van der Waals surface area contributed by atoms with Crippen LogP contribution in [0.5, 0.6) is 0 Å². The molecule has 1 aliphatic rings. The van der Waals surface area contributed by atoms with Crippen LogP contribution < -0.4 is 0 Å². The molecule has 88 heavy (non-hydrogen) atoms. The topological polar surface area (TPSA) is 352 Å². The maximum Gasteiger partial charge on any atom is 0.305 e. The molecule has 0 aromatic rings. The maximum atomic E-state index is 13.2. The molecule has 0 bridgehead atoms. The van der Waals surface area contributed by atoms with E-state index in [1.54, 1.807) is 0 Å². The van der Waals surface area contributed by atoms with Crippen LogP contribution in [0, 0.1) is 47.3 Å². The second-order valence-electron chi connectivity index (χ2n) is 23.7. The number of hydrogen-bond donors (Lipinski definition) is 7. The average molecular weight is 1260 g/mol. The molecule has 6 atom stereocenters. The zero-order valence-electron chi connectivity index (χ0n) is 53.2. The van der Waals surface area contributed by atoms with Gasteiger partial charge >= 0.3 is 47.8 Å². The van der Waals surface area contributed by atoms with Crippen LogP contribution in [-0.4, -0.2) is 183 Å². The Kier molecular flexibility index (Phi) is 51.2. The van der Waals surface area contributed by atoms with Gasteiger partial charge in [-0.1, -0.05) is 19.8 Å². The van der Waals surface area contributed by atoms with E-state index in [9.17, 15) is 74.1 Å². The number of carbonyl (C=O) groups excluding carboxylic acids is 8. The lowest BCUT2D eigenvalue weighted by Crippen LogP contribution is -2.18. The fourth-order valence-electron chi connectivity index (χ4n) is 11.0. The molecule has 0 saturated carbocycles. The number of cyclic esters (lactones) is 1. The molecule has 0 spiro atoms. The van der Waals surface area contributed by atoms with E-state index in [0.29, 0.717) is 161 Å². The highest BCUT2D eigenvalue weighted by molar-refractivity contribution is 5.72. The summed E-state index contributed by atoms with van der Waals surface area (Å²) in [7, 11) is 0. The molecule has 1 fully saturated rings. The predicted octanol–water partition coefficient (Wildman–Crippen LogP) is 7.11. The third-order valence-electron chi connectivity index (χ3n) is 16.8. The summed E-state index contributed by atoms with van der Waals surface area (Å²) in [5.74, 6) is -3.39. The van der Waals surface area contributed by atoms with E-state index in [2.05, 4.69) is 6.92 Å². The van der Waals surface area contributed by atoms with Crippen LogP contribution in [0.1, 0.15) is 219 Å².